The number of nitrogens with zero attached hydrogens (tertiary/aromatic N) is 2. The topological polar surface area (TPSA) is 60.4 Å². The zero-order valence-electron chi connectivity index (χ0n) is 9.58. The molecule has 0 aliphatic carbocycles. The summed E-state index contributed by atoms with van der Waals surface area (Å²) in [6.45, 7) is 0. The average molecular weight is 237 g/mol. The van der Waals surface area contributed by atoms with Crippen molar-refractivity contribution < 1.29 is 4.79 Å². The van der Waals surface area contributed by atoms with E-state index in [1.165, 1.54) is 0 Å². The van der Waals surface area contributed by atoms with Crippen molar-refractivity contribution in [2.24, 2.45) is 0 Å². The number of carbonyl (C=O) groups excluding carboxylic acids is 1. The van der Waals surface area contributed by atoms with Gasteiger partial charge in [0, 0.05) is 23.6 Å². The van der Waals surface area contributed by atoms with Crippen LogP contribution in [-0.2, 0) is 0 Å². The number of hydrogen-bond donors (Lipinski definition) is 1. The second-order valence-corrected chi connectivity index (χ2v) is 4.05. The van der Waals surface area contributed by atoms with E-state index in [9.17, 15) is 4.79 Å². The van der Waals surface area contributed by atoms with Crippen molar-refractivity contribution in [3.63, 3.8) is 0 Å². The van der Waals surface area contributed by atoms with Crippen LogP contribution in [0.3, 0.4) is 0 Å². The Morgan fingerprint density at radius 2 is 2.06 bits per heavy atom. The van der Waals surface area contributed by atoms with Crippen molar-refractivity contribution in [2.45, 2.75) is 0 Å². The third-order valence-corrected chi connectivity index (χ3v) is 2.75. The van der Waals surface area contributed by atoms with Gasteiger partial charge in [0.25, 0.3) is 0 Å². The molecule has 4 nitrogen and oxygen atoms in total. The molecule has 18 heavy (non-hydrogen) atoms. The fraction of sp³-hybridized carbons (Fsp3) is 0. The quantitative estimate of drug-likeness (QED) is 0.548. The van der Waals surface area contributed by atoms with Crippen molar-refractivity contribution in [3.05, 3.63) is 66.1 Å². The third-order valence-electron chi connectivity index (χ3n) is 2.75. The molecule has 1 aromatic carbocycles. The molecule has 0 unspecified atom stereocenters. The van der Waals surface area contributed by atoms with E-state index in [2.05, 4.69) is 4.98 Å². The molecule has 0 spiro atoms. The summed E-state index contributed by atoms with van der Waals surface area (Å²) in [5, 5.41) is 0. The second-order valence-electron chi connectivity index (χ2n) is 4.05. The first kappa shape index (κ1) is 10.5. The highest BCUT2D eigenvalue weighted by atomic mass is 16.1. The summed E-state index contributed by atoms with van der Waals surface area (Å²) >= 11 is 0. The molecule has 88 valence electrons. The maximum atomic E-state index is 12.2. The molecule has 0 amide bonds. The number of ketones is 1. The van der Waals surface area contributed by atoms with Crippen molar-refractivity contribution >= 4 is 17.1 Å². The maximum absolute atomic E-state index is 12.2. The fourth-order valence-electron chi connectivity index (χ4n) is 1.87. The standard InChI is InChI=1S/C14H11N3O/c15-11-5-3-4-10(8-11)14(18)12-9-17-7-2-1-6-13(17)16-12/h1-9H,15H2. The molecular formula is C14H11N3O. The van der Waals surface area contributed by atoms with E-state index in [0.717, 1.165) is 5.65 Å². The Morgan fingerprint density at radius 3 is 2.83 bits per heavy atom. The van der Waals surface area contributed by atoms with Gasteiger partial charge in [-0.25, -0.2) is 4.98 Å². The van der Waals surface area contributed by atoms with Crippen LogP contribution in [0.5, 0.6) is 0 Å². The molecule has 4 heteroatoms. The molecule has 0 saturated heterocycles. The lowest BCUT2D eigenvalue weighted by Gasteiger charge is -1.98. The zero-order valence-corrected chi connectivity index (χ0v) is 9.58. The number of carbonyl (C=O) groups is 1. The Morgan fingerprint density at radius 1 is 1.17 bits per heavy atom. The molecule has 0 saturated carbocycles. The number of fused-ring (bicyclic) bond motifs is 1. The predicted molar refractivity (Wildman–Crippen MR) is 69.5 cm³/mol. The van der Waals surface area contributed by atoms with Crippen LogP contribution >= 0.6 is 0 Å². The highest BCUT2D eigenvalue weighted by molar-refractivity contribution is 6.08. The van der Waals surface area contributed by atoms with Crippen LogP contribution in [0.25, 0.3) is 5.65 Å². The molecule has 2 aromatic heterocycles. The number of rotatable bonds is 2. The molecular weight excluding hydrogens is 226 g/mol. The number of aromatic nitrogens is 2. The number of anilines is 1. The Labute approximate surface area is 104 Å². The Hall–Kier alpha value is -2.62. The first-order chi connectivity index (χ1) is 8.74. The van der Waals surface area contributed by atoms with E-state index in [1.807, 2.05) is 28.8 Å². The Kier molecular flexibility index (Phi) is 2.34. The van der Waals surface area contributed by atoms with Gasteiger partial charge in [-0.1, -0.05) is 18.2 Å². The van der Waals surface area contributed by atoms with E-state index >= 15 is 0 Å². The number of benzene rings is 1. The maximum Gasteiger partial charge on any atom is 0.213 e. The molecule has 0 bridgehead atoms. The van der Waals surface area contributed by atoms with Gasteiger partial charge < -0.3 is 10.1 Å². The van der Waals surface area contributed by atoms with Crippen LogP contribution < -0.4 is 5.73 Å². The number of hydrogen-bond acceptors (Lipinski definition) is 3. The van der Waals surface area contributed by atoms with Gasteiger partial charge in [-0.2, -0.15) is 0 Å². The van der Waals surface area contributed by atoms with Gasteiger partial charge in [0.1, 0.15) is 11.3 Å². The normalized spacial score (nSPS) is 10.7. The number of nitrogens with two attached hydrogens (primary N) is 1. The first-order valence-corrected chi connectivity index (χ1v) is 5.58. The summed E-state index contributed by atoms with van der Waals surface area (Å²) in [6, 6.07) is 12.5. The van der Waals surface area contributed by atoms with Gasteiger partial charge >= 0.3 is 0 Å². The summed E-state index contributed by atoms with van der Waals surface area (Å²) in [5.41, 5.74) is 7.98. The van der Waals surface area contributed by atoms with E-state index in [-0.39, 0.29) is 5.78 Å². The molecule has 0 radical (unpaired) electrons. The summed E-state index contributed by atoms with van der Waals surface area (Å²) in [7, 11) is 0. The SMILES string of the molecule is Nc1cccc(C(=O)c2cn3ccccc3n2)c1. The summed E-state index contributed by atoms with van der Waals surface area (Å²) in [5.74, 6) is -0.119. The van der Waals surface area contributed by atoms with Crippen LogP contribution in [0.1, 0.15) is 16.1 Å². The molecule has 0 fully saturated rings. The molecule has 0 atom stereocenters. The first-order valence-electron chi connectivity index (χ1n) is 5.58. The molecule has 0 aliphatic rings. The van der Waals surface area contributed by atoms with Gasteiger partial charge in [0.05, 0.1) is 0 Å². The van der Waals surface area contributed by atoms with E-state index in [1.54, 1.807) is 30.5 Å². The number of imidazole rings is 1. The molecule has 2 heterocycles. The van der Waals surface area contributed by atoms with Crippen LogP contribution in [0.15, 0.2) is 54.9 Å². The van der Waals surface area contributed by atoms with Crippen LogP contribution in [0.4, 0.5) is 5.69 Å². The highest BCUT2D eigenvalue weighted by Gasteiger charge is 2.12. The van der Waals surface area contributed by atoms with E-state index < -0.39 is 0 Å². The lowest BCUT2D eigenvalue weighted by molar-refractivity contribution is 0.103. The molecule has 0 aliphatic heterocycles. The highest BCUT2D eigenvalue weighted by Crippen LogP contribution is 2.13. The van der Waals surface area contributed by atoms with E-state index in [4.69, 9.17) is 5.73 Å². The third kappa shape index (κ3) is 1.73. The van der Waals surface area contributed by atoms with Crippen molar-refractivity contribution in [1.29, 1.82) is 0 Å². The zero-order chi connectivity index (χ0) is 12.5. The van der Waals surface area contributed by atoms with Gasteiger partial charge in [0.2, 0.25) is 5.78 Å². The smallest absolute Gasteiger partial charge is 0.213 e. The van der Waals surface area contributed by atoms with Crippen molar-refractivity contribution in [1.82, 2.24) is 9.38 Å². The van der Waals surface area contributed by atoms with Gasteiger partial charge in [0.15, 0.2) is 0 Å². The van der Waals surface area contributed by atoms with E-state index in [0.29, 0.717) is 16.9 Å². The number of pyridine rings is 1. The molecule has 3 rings (SSSR count). The van der Waals surface area contributed by atoms with Crippen LogP contribution in [-0.4, -0.2) is 15.2 Å². The minimum absolute atomic E-state index is 0.119. The Balaban J connectivity index is 2.06. The molecule has 2 N–H and O–H groups in total. The van der Waals surface area contributed by atoms with Crippen molar-refractivity contribution in [2.75, 3.05) is 5.73 Å². The van der Waals surface area contributed by atoms with Gasteiger partial charge in [-0.05, 0) is 24.3 Å². The van der Waals surface area contributed by atoms with Crippen LogP contribution in [0, 0.1) is 0 Å². The summed E-state index contributed by atoms with van der Waals surface area (Å²) in [4.78, 5) is 16.5. The minimum atomic E-state index is -0.119. The lowest BCUT2D eigenvalue weighted by Crippen LogP contribution is -2.02. The Bertz CT molecular complexity index is 697. The average Bonchev–Trinajstić information content (AvgIpc) is 2.81. The van der Waals surface area contributed by atoms with Gasteiger partial charge in [-0.15, -0.1) is 0 Å². The molecule has 3 aromatic rings. The largest absolute Gasteiger partial charge is 0.399 e. The number of nitrogen functional groups attached to an aromatic ring is 1. The lowest BCUT2D eigenvalue weighted by atomic mass is 10.1. The van der Waals surface area contributed by atoms with Crippen LogP contribution in [0.2, 0.25) is 0 Å². The van der Waals surface area contributed by atoms with Crippen molar-refractivity contribution in [3.8, 4) is 0 Å². The monoisotopic (exact) mass is 237 g/mol. The minimum Gasteiger partial charge on any atom is -0.399 e. The second kappa shape index (κ2) is 4.00. The summed E-state index contributed by atoms with van der Waals surface area (Å²) < 4.78 is 1.82. The summed E-state index contributed by atoms with van der Waals surface area (Å²) in [6.07, 6.45) is 3.58. The fourth-order valence-corrected chi connectivity index (χ4v) is 1.87. The van der Waals surface area contributed by atoms with Gasteiger partial charge in [-0.3, -0.25) is 4.79 Å². The predicted octanol–water partition coefficient (Wildman–Crippen LogP) is 2.15.